The molecule has 0 atom stereocenters. The summed E-state index contributed by atoms with van der Waals surface area (Å²) in [5.41, 5.74) is 18.5. The number of nitrogens with one attached hydrogen (secondary N) is 1. The zero-order chi connectivity index (χ0) is 22.3. The third-order valence-corrected chi connectivity index (χ3v) is 6.76. The molecule has 0 radical (unpaired) electrons. The Morgan fingerprint density at radius 3 is 2.35 bits per heavy atom. The summed E-state index contributed by atoms with van der Waals surface area (Å²) in [5.74, 6) is 0. The van der Waals surface area contributed by atoms with Crippen molar-refractivity contribution in [2.75, 3.05) is 69.1 Å². The van der Waals surface area contributed by atoms with Crippen molar-refractivity contribution in [3.63, 3.8) is 0 Å². The van der Waals surface area contributed by atoms with Crippen LogP contribution in [-0.4, -0.2) is 61.7 Å². The van der Waals surface area contributed by atoms with Crippen molar-refractivity contribution in [2.24, 2.45) is 0 Å². The summed E-state index contributed by atoms with van der Waals surface area (Å²) in [4.78, 5) is 2.58. The molecule has 0 spiro atoms. The Kier molecular flexibility index (Phi) is 7.99. The molecule has 0 saturated carbocycles. The first-order chi connectivity index (χ1) is 14.9. The predicted octanol–water partition coefficient (Wildman–Crippen LogP) is 3.83. The Labute approximate surface area is 188 Å². The summed E-state index contributed by atoms with van der Waals surface area (Å²) in [7, 11) is 0. The van der Waals surface area contributed by atoms with Crippen LogP contribution in [0, 0.1) is 13.8 Å². The Bertz CT molecular complexity index is 868. The van der Waals surface area contributed by atoms with E-state index in [0.29, 0.717) is 0 Å². The summed E-state index contributed by atoms with van der Waals surface area (Å²) in [6, 6.07) is 12.6. The molecule has 1 heterocycles. The number of piperazine rings is 1. The van der Waals surface area contributed by atoms with E-state index in [1.807, 2.05) is 12.1 Å². The molecule has 2 aromatic rings. The lowest BCUT2D eigenvalue weighted by Gasteiger charge is -2.44. The molecular weight excluding hydrogens is 382 g/mol. The van der Waals surface area contributed by atoms with E-state index in [1.54, 1.807) is 0 Å². The molecule has 3 rings (SSSR count). The molecule has 0 amide bonds. The van der Waals surface area contributed by atoms with Gasteiger partial charge in [-0.05, 0) is 67.3 Å². The second-order valence-corrected chi connectivity index (χ2v) is 9.12. The maximum absolute atomic E-state index is 5.96. The molecule has 0 aliphatic carbocycles. The molecule has 0 unspecified atom stereocenters. The van der Waals surface area contributed by atoms with Gasteiger partial charge in [0.2, 0.25) is 0 Å². The van der Waals surface area contributed by atoms with Gasteiger partial charge >= 0.3 is 0 Å². The average molecular weight is 423 g/mol. The number of nitrogens with zero attached hydrogens (tertiary/aromatic N) is 2. The molecule has 5 nitrogen and oxygen atoms in total. The molecule has 5 heteroatoms. The number of nitrogens with two attached hydrogens (primary N) is 2. The minimum atomic E-state index is 0.851. The monoisotopic (exact) mass is 422 g/mol. The van der Waals surface area contributed by atoms with Crippen molar-refractivity contribution in [1.29, 1.82) is 0 Å². The molecular formula is C26H40N5+. The van der Waals surface area contributed by atoms with Crippen LogP contribution in [-0.2, 0) is 6.42 Å². The zero-order valence-corrected chi connectivity index (χ0v) is 19.4. The average Bonchev–Trinajstić information content (AvgIpc) is 2.75. The van der Waals surface area contributed by atoms with Gasteiger partial charge in [0.25, 0.3) is 0 Å². The van der Waals surface area contributed by atoms with Gasteiger partial charge < -0.3 is 21.3 Å². The second kappa shape index (κ2) is 10.7. The first-order valence-corrected chi connectivity index (χ1v) is 11.5. The summed E-state index contributed by atoms with van der Waals surface area (Å²) in [5, 5.41) is 3.54. The van der Waals surface area contributed by atoms with Gasteiger partial charge in [-0.3, -0.25) is 4.90 Å². The van der Waals surface area contributed by atoms with Gasteiger partial charge in [-0.25, -0.2) is 0 Å². The molecule has 1 fully saturated rings. The highest BCUT2D eigenvalue weighted by molar-refractivity contribution is 5.56. The fourth-order valence-electron chi connectivity index (χ4n) is 4.58. The fraction of sp³-hybridized carbons (Fsp3) is 0.462. The third-order valence-electron chi connectivity index (χ3n) is 6.76. The van der Waals surface area contributed by atoms with E-state index in [9.17, 15) is 0 Å². The Hall–Kier alpha value is -2.50. The maximum Gasteiger partial charge on any atom is 0.0971 e. The van der Waals surface area contributed by atoms with Crippen LogP contribution in [0.5, 0.6) is 0 Å². The van der Waals surface area contributed by atoms with Gasteiger partial charge in [0, 0.05) is 49.7 Å². The van der Waals surface area contributed by atoms with E-state index < -0.39 is 0 Å². The summed E-state index contributed by atoms with van der Waals surface area (Å²) in [6.07, 6.45) is 4.43. The van der Waals surface area contributed by atoms with Crippen LogP contribution in [0.25, 0.3) is 0 Å². The molecule has 1 aliphatic heterocycles. The van der Waals surface area contributed by atoms with Gasteiger partial charge in [0.1, 0.15) is 0 Å². The molecule has 0 bridgehead atoms. The van der Waals surface area contributed by atoms with Gasteiger partial charge in [0.05, 0.1) is 26.2 Å². The number of aryl methyl sites for hydroxylation is 3. The van der Waals surface area contributed by atoms with Crippen molar-refractivity contribution in [1.82, 2.24) is 4.90 Å². The van der Waals surface area contributed by atoms with Crippen LogP contribution in [0.2, 0.25) is 0 Å². The number of hydrogen-bond acceptors (Lipinski definition) is 4. The van der Waals surface area contributed by atoms with E-state index in [2.05, 4.69) is 61.0 Å². The van der Waals surface area contributed by atoms with Crippen molar-refractivity contribution in [3.8, 4) is 0 Å². The zero-order valence-electron chi connectivity index (χ0n) is 19.4. The standard InChI is InChI=1S/C26H40N5/c1-4-15-31(16-5-6-23-7-9-25(27)21(2)19-23)17-13-30(14-18-31)12-11-29-24-8-10-26(28)22(3)20-24/h4,7-10,19-20,29H,1,5-6,11-18,27-28H2,2-3H3/q+1. The second-order valence-electron chi connectivity index (χ2n) is 9.12. The van der Waals surface area contributed by atoms with Crippen LogP contribution < -0.4 is 16.8 Å². The normalized spacial score (nSPS) is 16.2. The SMILES string of the molecule is C=CC[N+]1(CCCc2ccc(N)c(C)c2)CCN(CCNc2ccc(N)c(C)c2)CC1. The smallest absolute Gasteiger partial charge is 0.0971 e. The highest BCUT2D eigenvalue weighted by Gasteiger charge is 2.31. The summed E-state index contributed by atoms with van der Waals surface area (Å²) in [6.45, 7) is 17.2. The summed E-state index contributed by atoms with van der Waals surface area (Å²) < 4.78 is 1.17. The maximum atomic E-state index is 5.96. The molecule has 5 N–H and O–H groups in total. The number of rotatable bonds is 10. The number of hydrogen-bond donors (Lipinski definition) is 3. The molecule has 168 valence electrons. The van der Waals surface area contributed by atoms with Gasteiger partial charge in [0.15, 0.2) is 0 Å². The van der Waals surface area contributed by atoms with Crippen LogP contribution in [0.3, 0.4) is 0 Å². The number of quaternary nitrogens is 1. The minimum absolute atomic E-state index is 0.851. The van der Waals surface area contributed by atoms with E-state index in [-0.39, 0.29) is 0 Å². The van der Waals surface area contributed by atoms with Crippen molar-refractivity contribution in [2.45, 2.75) is 26.7 Å². The highest BCUT2D eigenvalue weighted by atomic mass is 15.4. The third kappa shape index (κ3) is 6.49. The minimum Gasteiger partial charge on any atom is -0.399 e. The van der Waals surface area contributed by atoms with E-state index in [0.717, 1.165) is 61.8 Å². The van der Waals surface area contributed by atoms with Gasteiger partial charge in [-0.1, -0.05) is 18.7 Å². The van der Waals surface area contributed by atoms with Crippen LogP contribution in [0.1, 0.15) is 23.1 Å². The van der Waals surface area contributed by atoms with Gasteiger partial charge in [-0.2, -0.15) is 0 Å². The fourth-order valence-corrected chi connectivity index (χ4v) is 4.58. The quantitative estimate of drug-likeness (QED) is 0.309. The first kappa shape index (κ1) is 23.2. The Morgan fingerprint density at radius 1 is 1.03 bits per heavy atom. The molecule has 2 aromatic carbocycles. The van der Waals surface area contributed by atoms with Crippen molar-refractivity contribution < 1.29 is 4.48 Å². The van der Waals surface area contributed by atoms with Crippen molar-refractivity contribution in [3.05, 3.63) is 65.7 Å². The Morgan fingerprint density at radius 2 is 1.71 bits per heavy atom. The molecule has 31 heavy (non-hydrogen) atoms. The summed E-state index contributed by atoms with van der Waals surface area (Å²) >= 11 is 0. The Balaban J connectivity index is 1.44. The van der Waals surface area contributed by atoms with Gasteiger partial charge in [-0.15, -0.1) is 0 Å². The highest BCUT2D eigenvalue weighted by Crippen LogP contribution is 2.19. The van der Waals surface area contributed by atoms with Crippen LogP contribution >= 0.6 is 0 Å². The molecule has 0 aromatic heterocycles. The lowest BCUT2D eigenvalue weighted by atomic mass is 10.0. The lowest BCUT2D eigenvalue weighted by molar-refractivity contribution is -0.927. The van der Waals surface area contributed by atoms with Crippen LogP contribution in [0.15, 0.2) is 49.1 Å². The lowest BCUT2D eigenvalue weighted by Crippen LogP contribution is -2.60. The van der Waals surface area contributed by atoms with E-state index in [4.69, 9.17) is 11.5 Å². The number of anilines is 3. The van der Waals surface area contributed by atoms with E-state index in [1.165, 1.54) is 41.7 Å². The first-order valence-electron chi connectivity index (χ1n) is 11.5. The van der Waals surface area contributed by atoms with Crippen LogP contribution in [0.4, 0.5) is 17.1 Å². The largest absolute Gasteiger partial charge is 0.399 e. The predicted molar refractivity (Wildman–Crippen MR) is 134 cm³/mol. The molecule has 1 saturated heterocycles. The van der Waals surface area contributed by atoms with E-state index >= 15 is 0 Å². The number of benzene rings is 2. The number of nitrogen functional groups attached to an aromatic ring is 2. The molecule has 1 aliphatic rings. The topological polar surface area (TPSA) is 67.3 Å². The van der Waals surface area contributed by atoms with Crippen molar-refractivity contribution >= 4 is 17.1 Å².